The van der Waals surface area contributed by atoms with Crippen LogP contribution in [0.2, 0.25) is 0 Å². The normalized spacial score (nSPS) is 11.7. The van der Waals surface area contributed by atoms with Crippen LogP contribution in [0.3, 0.4) is 0 Å². The van der Waals surface area contributed by atoms with Gasteiger partial charge < -0.3 is 15.7 Å². The number of unbranched alkanes of at least 4 members (excludes halogenated alkanes) is 1. The summed E-state index contributed by atoms with van der Waals surface area (Å²) in [4.78, 5) is 19.2. The summed E-state index contributed by atoms with van der Waals surface area (Å²) in [5.74, 6) is 5.29. The minimum Gasteiger partial charge on any atom is -0.497 e. The summed E-state index contributed by atoms with van der Waals surface area (Å²) in [5, 5.41) is 12.6. The minimum atomic E-state index is -1.02. The number of rotatable bonds is 9. The molecular weight excluding hydrogens is 344 g/mol. The molecule has 1 aromatic carbocycles. The van der Waals surface area contributed by atoms with Gasteiger partial charge in [-0.15, -0.1) is 0 Å². The predicted octanol–water partition coefficient (Wildman–Crippen LogP) is 2.92. The fraction of sp³-hybridized carbons (Fsp3) is 0.300. The van der Waals surface area contributed by atoms with E-state index in [1.54, 1.807) is 7.11 Å². The maximum atomic E-state index is 10.7. The summed E-state index contributed by atoms with van der Waals surface area (Å²) in [5.41, 5.74) is 3.74. The fourth-order valence-electron chi connectivity index (χ4n) is 2.58. The number of aryl methyl sites for hydroxylation is 1. The molecule has 3 N–H and O–H groups in total. The smallest absolute Gasteiger partial charge is 0.325 e. The van der Waals surface area contributed by atoms with Crippen LogP contribution in [0, 0.1) is 0 Å². The van der Waals surface area contributed by atoms with Crippen molar-refractivity contribution >= 4 is 17.9 Å². The summed E-state index contributed by atoms with van der Waals surface area (Å²) in [7, 11) is 1.61. The summed E-state index contributed by atoms with van der Waals surface area (Å²) in [6.07, 6.45) is 6.24. The van der Waals surface area contributed by atoms with Crippen LogP contribution in [0.25, 0.3) is 11.3 Å². The molecule has 0 bridgehead atoms. The van der Waals surface area contributed by atoms with Gasteiger partial charge in [0, 0.05) is 17.3 Å². The molecule has 0 radical (unpaired) electrons. The molecular formula is C20H24N4O3. The molecule has 1 heterocycles. The molecule has 0 unspecified atom stereocenters. The number of nitrogens with zero attached hydrogens (tertiary/aromatic N) is 3. The molecule has 0 saturated carbocycles. The van der Waals surface area contributed by atoms with E-state index in [0.29, 0.717) is 17.0 Å². The van der Waals surface area contributed by atoms with E-state index >= 15 is 0 Å². The molecule has 0 atom stereocenters. The van der Waals surface area contributed by atoms with E-state index in [0.717, 1.165) is 36.1 Å². The molecule has 7 heteroatoms. The first kappa shape index (κ1) is 20.1. The summed E-state index contributed by atoms with van der Waals surface area (Å²) >= 11 is 0. The molecule has 0 aliphatic heterocycles. The lowest BCUT2D eigenvalue weighted by Crippen LogP contribution is -2.11. The van der Waals surface area contributed by atoms with Crippen molar-refractivity contribution in [2.75, 3.05) is 13.7 Å². The van der Waals surface area contributed by atoms with Gasteiger partial charge in [0.25, 0.3) is 0 Å². The lowest BCUT2D eigenvalue weighted by atomic mass is 9.99. The van der Waals surface area contributed by atoms with E-state index in [1.165, 1.54) is 6.21 Å². The van der Waals surface area contributed by atoms with E-state index in [-0.39, 0.29) is 6.54 Å². The van der Waals surface area contributed by atoms with Gasteiger partial charge in [-0.05, 0) is 48.7 Å². The molecule has 0 aliphatic carbocycles. The van der Waals surface area contributed by atoms with Crippen molar-refractivity contribution in [2.24, 2.45) is 15.9 Å². The summed E-state index contributed by atoms with van der Waals surface area (Å²) in [6.45, 7) is 1.78. The molecule has 0 aliphatic rings. The first-order valence-corrected chi connectivity index (χ1v) is 8.72. The molecule has 142 valence electrons. The van der Waals surface area contributed by atoms with E-state index in [4.69, 9.17) is 15.7 Å². The zero-order chi connectivity index (χ0) is 19.6. The van der Waals surface area contributed by atoms with Crippen molar-refractivity contribution in [1.82, 2.24) is 4.98 Å². The van der Waals surface area contributed by atoms with Gasteiger partial charge in [-0.2, -0.15) is 5.10 Å². The number of carboxylic acid groups (broad SMARTS) is 1. The standard InChI is InChI=1S/C20H24N4O3/c1-3-4-5-14-10-17(18(24-21)12-22-13-19(25)26)20(23-11-14)15-6-8-16(27-2)9-7-15/h6-12H,3-5,13,21H2,1-2H3,(H,25,26)/b22-12?,24-18+. The van der Waals surface area contributed by atoms with E-state index < -0.39 is 5.97 Å². The monoisotopic (exact) mass is 368 g/mol. The van der Waals surface area contributed by atoms with E-state index in [9.17, 15) is 4.79 Å². The average molecular weight is 368 g/mol. The second-order valence-corrected chi connectivity index (χ2v) is 5.95. The summed E-state index contributed by atoms with van der Waals surface area (Å²) < 4.78 is 5.20. The number of carboxylic acids is 1. The van der Waals surface area contributed by atoms with Gasteiger partial charge in [-0.25, -0.2) is 0 Å². The van der Waals surface area contributed by atoms with Crippen molar-refractivity contribution in [3.8, 4) is 17.0 Å². The van der Waals surface area contributed by atoms with Crippen LogP contribution < -0.4 is 10.6 Å². The Kier molecular flexibility index (Phi) is 7.49. The van der Waals surface area contributed by atoms with Crippen LogP contribution in [0.1, 0.15) is 30.9 Å². The van der Waals surface area contributed by atoms with Gasteiger partial charge in [0.15, 0.2) is 0 Å². The Hall–Kier alpha value is -3.22. The third kappa shape index (κ3) is 5.64. The van der Waals surface area contributed by atoms with E-state index in [1.807, 2.05) is 36.5 Å². The number of methoxy groups -OCH3 is 1. The van der Waals surface area contributed by atoms with Gasteiger partial charge in [-0.3, -0.25) is 14.8 Å². The number of carbonyl (C=O) groups is 1. The maximum Gasteiger partial charge on any atom is 0.325 e. The number of hydrazone groups is 1. The van der Waals surface area contributed by atoms with Crippen molar-refractivity contribution < 1.29 is 14.6 Å². The zero-order valence-corrected chi connectivity index (χ0v) is 15.6. The Morgan fingerprint density at radius 3 is 2.67 bits per heavy atom. The topological polar surface area (TPSA) is 110 Å². The van der Waals surface area contributed by atoms with Crippen LogP contribution in [0.4, 0.5) is 0 Å². The second kappa shape index (κ2) is 10.1. The molecule has 0 spiro atoms. The predicted molar refractivity (Wildman–Crippen MR) is 107 cm³/mol. The number of benzene rings is 1. The van der Waals surface area contributed by atoms with Crippen molar-refractivity contribution in [1.29, 1.82) is 0 Å². The third-order valence-corrected chi connectivity index (χ3v) is 3.98. The number of aliphatic carboxylic acids is 1. The van der Waals surface area contributed by atoms with Crippen molar-refractivity contribution in [3.63, 3.8) is 0 Å². The molecule has 7 nitrogen and oxygen atoms in total. The minimum absolute atomic E-state index is 0.347. The lowest BCUT2D eigenvalue weighted by molar-refractivity contribution is -0.135. The first-order chi connectivity index (χ1) is 13.1. The van der Waals surface area contributed by atoms with Gasteiger partial charge in [0.2, 0.25) is 0 Å². The van der Waals surface area contributed by atoms with Crippen LogP contribution in [0.15, 0.2) is 46.6 Å². The number of aromatic nitrogens is 1. The summed E-state index contributed by atoms with van der Waals surface area (Å²) in [6, 6.07) is 9.49. The van der Waals surface area contributed by atoms with Crippen LogP contribution >= 0.6 is 0 Å². The molecule has 1 aromatic heterocycles. The number of pyridine rings is 1. The zero-order valence-electron chi connectivity index (χ0n) is 15.6. The molecule has 0 saturated heterocycles. The highest BCUT2D eigenvalue weighted by molar-refractivity contribution is 6.39. The maximum absolute atomic E-state index is 10.7. The van der Waals surface area contributed by atoms with Crippen molar-refractivity contribution in [2.45, 2.75) is 26.2 Å². The number of aliphatic imine (C=N–C) groups is 1. The van der Waals surface area contributed by atoms with Gasteiger partial charge in [0.05, 0.1) is 19.0 Å². The average Bonchev–Trinajstić information content (AvgIpc) is 2.69. The highest BCUT2D eigenvalue weighted by Crippen LogP contribution is 2.25. The Morgan fingerprint density at radius 2 is 2.07 bits per heavy atom. The SMILES string of the molecule is CCCCc1cnc(-c2ccc(OC)cc2)c(/C(C=NCC(=O)O)=N/N)c1. The van der Waals surface area contributed by atoms with Gasteiger partial charge in [-0.1, -0.05) is 13.3 Å². The molecule has 2 aromatic rings. The third-order valence-electron chi connectivity index (χ3n) is 3.98. The Labute approximate surface area is 158 Å². The highest BCUT2D eigenvalue weighted by atomic mass is 16.5. The molecule has 0 fully saturated rings. The number of hydrogen-bond acceptors (Lipinski definition) is 6. The second-order valence-electron chi connectivity index (χ2n) is 5.95. The lowest BCUT2D eigenvalue weighted by Gasteiger charge is -2.11. The number of nitrogens with two attached hydrogens (primary N) is 1. The van der Waals surface area contributed by atoms with E-state index in [2.05, 4.69) is 22.0 Å². The quantitative estimate of drug-likeness (QED) is 0.402. The van der Waals surface area contributed by atoms with Crippen LogP contribution in [0.5, 0.6) is 5.75 Å². The Bertz CT molecular complexity index is 830. The fourth-order valence-corrected chi connectivity index (χ4v) is 2.58. The number of ether oxygens (including phenoxy) is 1. The molecule has 27 heavy (non-hydrogen) atoms. The highest BCUT2D eigenvalue weighted by Gasteiger charge is 2.13. The van der Waals surface area contributed by atoms with Gasteiger partial charge in [0.1, 0.15) is 18.0 Å². The van der Waals surface area contributed by atoms with Gasteiger partial charge >= 0.3 is 5.97 Å². The number of hydrogen-bond donors (Lipinski definition) is 2. The van der Waals surface area contributed by atoms with Crippen LogP contribution in [-0.4, -0.2) is 41.6 Å². The molecule has 2 rings (SSSR count). The van der Waals surface area contributed by atoms with Crippen molar-refractivity contribution in [3.05, 3.63) is 47.7 Å². The molecule has 0 amide bonds. The Morgan fingerprint density at radius 1 is 1.33 bits per heavy atom. The first-order valence-electron chi connectivity index (χ1n) is 8.72. The van der Waals surface area contributed by atoms with Crippen LogP contribution in [-0.2, 0) is 11.2 Å². The Balaban J connectivity index is 2.47. The largest absolute Gasteiger partial charge is 0.497 e.